The number of methoxy groups -OCH3 is 1. The molecule has 1 N–H and O–H groups in total. The Morgan fingerprint density at radius 2 is 1.87 bits per heavy atom. The average Bonchev–Trinajstić information content (AvgIpc) is 3.17. The Bertz CT molecular complexity index is 1160. The van der Waals surface area contributed by atoms with Crippen LogP contribution in [-0.2, 0) is 14.3 Å². The minimum absolute atomic E-state index is 0.0391. The summed E-state index contributed by atoms with van der Waals surface area (Å²) in [5.74, 6) is -1.69. The SMILES string of the molecule is COC(=O)[C@@]1(O)CC2=C(C[C@H]3CN(C(=O)c4ccccc4)c4cccc2c43)N(C)C1=O. The van der Waals surface area contributed by atoms with Gasteiger partial charge < -0.3 is 19.6 Å². The monoisotopic (exact) mass is 418 g/mol. The molecule has 2 amide bonds. The van der Waals surface area contributed by atoms with Gasteiger partial charge >= 0.3 is 5.97 Å². The Labute approximate surface area is 179 Å². The second-order valence-electron chi connectivity index (χ2n) is 8.24. The van der Waals surface area contributed by atoms with Gasteiger partial charge in [-0.25, -0.2) is 4.79 Å². The van der Waals surface area contributed by atoms with Crippen molar-refractivity contribution in [1.82, 2.24) is 4.90 Å². The third-order valence-electron chi connectivity index (χ3n) is 6.58. The van der Waals surface area contributed by atoms with Crippen LogP contribution in [0.25, 0.3) is 5.57 Å². The summed E-state index contributed by atoms with van der Waals surface area (Å²) < 4.78 is 4.72. The number of anilines is 1. The summed E-state index contributed by atoms with van der Waals surface area (Å²) in [7, 11) is 2.73. The van der Waals surface area contributed by atoms with Gasteiger partial charge in [-0.05, 0) is 41.3 Å². The first-order chi connectivity index (χ1) is 14.9. The van der Waals surface area contributed by atoms with Crippen LogP contribution in [-0.4, -0.2) is 54.1 Å². The van der Waals surface area contributed by atoms with E-state index in [1.807, 2.05) is 36.4 Å². The molecule has 0 saturated carbocycles. The lowest BCUT2D eigenvalue weighted by molar-refractivity contribution is -0.173. The van der Waals surface area contributed by atoms with Crippen LogP contribution in [0.1, 0.15) is 40.2 Å². The molecule has 0 fully saturated rings. The van der Waals surface area contributed by atoms with Gasteiger partial charge in [0.2, 0.25) is 5.60 Å². The molecule has 2 aliphatic heterocycles. The maximum Gasteiger partial charge on any atom is 0.348 e. The zero-order chi connectivity index (χ0) is 21.9. The van der Waals surface area contributed by atoms with E-state index in [0.29, 0.717) is 18.5 Å². The minimum atomic E-state index is -2.25. The summed E-state index contributed by atoms with van der Waals surface area (Å²) in [6.07, 6.45) is 0.408. The number of fused-ring (bicyclic) bond motifs is 1. The summed E-state index contributed by atoms with van der Waals surface area (Å²) in [6.45, 7) is 0.514. The molecular weight excluding hydrogens is 396 g/mol. The lowest BCUT2D eigenvalue weighted by atomic mass is 9.75. The normalized spacial score (nSPS) is 24.1. The summed E-state index contributed by atoms with van der Waals surface area (Å²) >= 11 is 0. The Hall–Kier alpha value is -3.45. The van der Waals surface area contributed by atoms with E-state index in [0.717, 1.165) is 35.2 Å². The number of hydrogen-bond donors (Lipinski definition) is 1. The van der Waals surface area contributed by atoms with Gasteiger partial charge in [0, 0.05) is 42.9 Å². The fraction of sp³-hybridized carbons (Fsp3) is 0.292. The first-order valence-electron chi connectivity index (χ1n) is 10.2. The van der Waals surface area contributed by atoms with E-state index in [1.165, 1.54) is 4.90 Å². The second kappa shape index (κ2) is 6.78. The van der Waals surface area contributed by atoms with E-state index in [9.17, 15) is 19.5 Å². The van der Waals surface area contributed by atoms with Gasteiger partial charge in [-0.1, -0.05) is 30.3 Å². The molecule has 3 aliphatic rings. The number of esters is 1. The molecule has 1 aliphatic carbocycles. The number of likely N-dealkylation sites (N-methyl/N-ethyl adjacent to an activating group) is 1. The molecule has 0 aromatic heterocycles. The van der Waals surface area contributed by atoms with Crippen molar-refractivity contribution in [2.75, 3.05) is 25.6 Å². The molecule has 0 bridgehead atoms. The predicted octanol–water partition coefficient (Wildman–Crippen LogP) is 2.31. The summed E-state index contributed by atoms with van der Waals surface area (Å²) in [5.41, 5.74) is 2.62. The molecule has 2 atom stereocenters. The van der Waals surface area contributed by atoms with Gasteiger partial charge in [0.1, 0.15) is 0 Å². The Kier molecular flexibility index (Phi) is 4.27. The van der Waals surface area contributed by atoms with Gasteiger partial charge in [-0.15, -0.1) is 0 Å². The zero-order valence-corrected chi connectivity index (χ0v) is 17.3. The Morgan fingerprint density at radius 3 is 2.58 bits per heavy atom. The van der Waals surface area contributed by atoms with Crippen molar-refractivity contribution in [2.45, 2.75) is 24.4 Å². The van der Waals surface area contributed by atoms with E-state index in [2.05, 4.69) is 0 Å². The van der Waals surface area contributed by atoms with Gasteiger partial charge in [-0.3, -0.25) is 9.59 Å². The molecule has 2 aromatic carbocycles. The van der Waals surface area contributed by atoms with E-state index in [-0.39, 0.29) is 18.2 Å². The molecule has 31 heavy (non-hydrogen) atoms. The molecule has 7 nitrogen and oxygen atoms in total. The van der Waals surface area contributed by atoms with Crippen LogP contribution < -0.4 is 4.90 Å². The third kappa shape index (κ3) is 2.66. The van der Waals surface area contributed by atoms with Gasteiger partial charge in [0.15, 0.2) is 0 Å². The summed E-state index contributed by atoms with van der Waals surface area (Å²) in [6, 6.07) is 14.9. The van der Waals surface area contributed by atoms with Crippen molar-refractivity contribution in [3.8, 4) is 0 Å². The van der Waals surface area contributed by atoms with E-state index in [4.69, 9.17) is 4.74 Å². The van der Waals surface area contributed by atoms with E-state index >= 15 is 0 Å². The molecular formula is C24H22N2O5. The highest BCUT2D eigenvalue weighted by molar-refractivity contribution is 6.11. The number of allylic oxidation sites excluding steroid dienone is 1. The molecule has 0 unspecified atom stereocenters. The number of benzene rings is 2. The lowest BCUT2D eigenvalue weighted by Gasteiger charge is -2.41. The van der Waals surface area contributed by atoms with Crippen LogP contribution in [0, 0.1) is 0 Å². The highest BCUT2D eigenvalue weighted by atomic mass is 16.5. The van der Waals surface area contributed by atoms with Crippen LogP contribution in [0.2, 0.25) is 0 Å². The van der Waals surface area contributed by atoms with Gasteiger partial charge in [0.05, 0.1) is 7.11 Å². The maximum absolute atomic E-state index is 13.2. The number of carbonyl (C=O) groups is 3. The largest absolute Gasteiger partial charge is 0.466 e. The Morgan fingerprint density at radius 1 is 1.13 bits per heavy atom. The van der Waals surface area contributed by atoms with Crippen LogP contribution in [0.5, 0.6) is 0 Å². The fourth-order valence-corrected chi connectivity index (χ4v) is 5.09. The molecule has 0 spiro atoms. The third-order valence-corrected chi connectivity index (χ3v) is 6.58. The van der Waals surface area contributed by atoms with Crippen molar-refractivity contribution in [1.29, 1.82) is 0 Å². The summed E-state index contributed by atoms with van der Waals surface area (Å²) in [5, 5.41) is 10.9. The molecule has 5 rings (SSSR count). The smallest absolute Gasteiger partial charge is 0.348 e. The van der Waals surface area contributed by atoms with Crippen molar-refractivity contribution < 1.29 is 24.2 Å². The molecule has 2 aromatic rings. The molecule has 158 valence electrons. The standard InChI is InChI=1S/C24H22N2O5/c1-25-19-11-15-13-26(21(27)14-7-4-3-5-8-14)18-10-6-9-16(20(15)18)17(19)12-24(30,22(25)28)23(29)31-2/h3-10,15,30H,11-13H2,1-2H3/t15-,24+/m0/s1. The molecule has 0 saturated heterocycles. The molecule has 7 heteroatoms. The number of rotatable bonds is 2. The predicted molar refractivity (Wildman–Crippen MR) is 113 cm³/mol. The summed E-state index contributed by atoms with van der Waals surface area (Å²) in [4.78, 5) is 41.5. The van der Waals surface area contributed by atoms with Crippen LogP contribution >= 0.6 is 0 Å². The van der Waals surface area contributed by atoms with Crippen molar-refractivity contribution in [2.24, 2.45) is 0 Å². The van der Waals surface area contributed by atoms with Gasteiger partial charge in [-0.2, -0.15) is 0 Å². The fourth-order valence-electron chi connectivity index (χ4n) is 5.09. The van der Waals surface area contributed by atoms with Crippen molar-refractivity contribution >= 4 is 29.0 Å². The maximum atomic E-state index is 13.2. The van der Waals surface area contributed by atoms with Crippen molar-refractivity contribution in [3.63, 3.8) is 0 Å². The number of amides is 2. The second-order valence-corrected chi connectivity index (χ2v) is 8.24. The lowest BCUT2D eigenvalue weighted by Crippen LogP contribution is -2.56. The quantitative estimate of drug-likeness (QED) is 0.597. The van der Waals surface area contributed by atoms with Crippen LogP contribution in [0.4, 0.5) is 5.69 Å². The van der Waals surface area contributed by atoms with Crippen LogP contribution in [0.15, 0.2) is 54.2 Å². The van der Waals surface area contributed by atoms with Crippen LogP contribution in [0.3, 0.4) is 0 Å². The van der Waals surface area contributed by atoms with E-state index < -0.39 is 17.5 Å². The highest BCUT2D eigenvalue weighted by Gasteiger charge is 2.54. The van der Waals surface area contributed by atoms with Crippen molar-refractivity contribution in [3.05, 3.63) is 70.9 Å². The number of ether oxygens (including phenoxy) is 1. The van der Waals surface area contributed by atoms with E-state index in [1.54, 1.807) is 24.1 Å². The molecule has 2 heterocycles. The number of hydrogen-bond acceptors (Lipinski definition) is 5. The van der Waals surface area contributed by atoms with Gasteiger partial charge in [0.25, 0.3) is 11.8 Å². The number of nitrogens with zero attached hydrogens (tertiary/aromatic N) is 2. The zero-order valence-electron chi connectivity index (χ0n) is 17.3. The Balaban J connectivity index is 1.60. The number of carbonyl (C=O) groups excluding carboxylic acids is 3. The minimum Gasteiger partial charge on any atom is -0.466 e. The highest BCUT2D eigenvalue weighted by Crippen LogP contribution is 2.52. The first-order valence-corrected chi connectivity index (χ1v) is 10.2. The topological polar surface area (TPSA) is 87.2 Å². The average molecular weight is 418 g/mol. The first kappa shape index (κ1) is 19.5. The number of aliphatic hydroxyl groups is 1. The molecule has 0 radical (unpaired) electrons.